The van der Waals surface area contributed by atoms with Gasteiger partial charge in [-0.3, -0.25) is 0 Å². The van der Waals surface area contributed by atoms with E-state index >= 15 is 0 Å². The van der Waals surface area contributed by atoms with Crippen molar-refractivity contribution in [2.24, 2.45) is 0 Å². The minimum absolute atomic E-state index is 0.0287. The monoisotopic (exact) mass is 303 g/mol. The van der Waals surface area contributed by atoms with Crippen molar-refractivity contribution in [3.8, 4) is 0 Å². The van der Waals surface area contributed by atoms with Gasteiger partial charge in [0.1, 0.15) is 5.69 Å². The molecule has 21 heavy (non-hydrogen) atoms. The van der Waals surface area contributed by atoms with E-state index in [1.165, 1.54) is 31.1 Å². The number of carbonyl (C=O) groups is 2. The molecule has 1 N–H and O–H groups in total. The molecule has 0 aliphatic carbocycles. The maximum absolute atomic E-state index is 11.3. The van der Waals surface area contributed by atoms with Crippen LogP contribution in [0.1, 0.15) is 26.4 Å². The summed E-state index contributed by atoms with van der Waals surface area (Å²) in [6.07, 6.45) is 1.48. The predicted molar refractivity (Wildman–Crippen MR) is 78.5 cm³/mol. The summed E-state index contributed by atoms with van der Waals surface area (Å²) in [5, 5.41) is 8.88. The molecule has 0 amide bonds. The van der Waals surface area contributed by atoms with Crippen molar-refractivity contribution in [1.82, 2.24) is 4.98 Å². The Labute approximate surface area is 126 Å². The van der Waals surface area contributed by atoms with Gasteiger partial charge in [-0.25, -0.2) is 14.6 Å². The van der Waals surface area contributed by atoms with E-state index in [1.807, 2.05) is 12.1 Å². The molecule has 0 saturated heterocycles. The summed E-state index contributed by atoms with van der Waals surface area (Å²) in [7, 11) is 1.34. The fourth-order valence-electron chi connectivity index (χ4n) is 1.64. The minimum Gasteiger partial charge on any atom is -0.477 e. The lowest BCUT2D eigenvalue weighted by molar-refractivity contribution is 0.0599. The molecule has 0 saturated carbocycles. The molecule has 0 aliphatic heterocycles. The second-order valence-electron chi connectivity index (χ2n) is 4.16. The summed E-state index contributed by atoms with van der Waals surface area (Å²) in [6, 6.07) is 10.4. The maximum atomic E-state index is 11.3. The van der Waals surface area contributed by atoms with Crippen molar-refractivity contribution in [3.63, 3.8) is 0 Å². The topological polar surface area (TPSA) is 76.5 Å². The minimum atomic E-state index is -1.04. The number of aromatic carboxylic acids is 1. The second kappa shape index (κ2) is 6.90. The number of benzene rings is 1. The largest absolute Gasteiger partial charge is 0.477 e. The van der Waals surface area contributed by atoms with Gasteiger partial charge in [-0.1, -0.05) is 12.1 Å². The summed E-state index contributed by atoms with van der Waals surface area (Å²) in [4.78, 5) is 26.8. The van der Waals surface area contributed by atoms with Crippen molar-refractivity contribution < 1.29 is 19.4 Å². The van der Waals surface area contributed by atoms with Gasteiger partial charge in [-0.05, 0) is 29.8 Å². The molecule has 2 aromatic rings. The maximum Gasteiger partial charge on any atom is 0.354 e. The highest BCUT2D eigenvalue weighted by Crippen LogP contribution is 2.23. The van der Waals surface area contributed by atoms with Crippen LogP contribution < -0.4 is 0 Å². The number of carbonyl (C=O) groups excluding carboxylic acids is 1. The zero-order valence-corrected chi connectivity index (χ0v) is 12.1. The van der Waals surface area contributed by atoms with Crippen LogP contribution in [0.25, 0.3) is 0 Å². The van der Waals surface area contributed by atoms with E-state index in [9.17, 15) is 9.59 Å². The Bertz CT molecular complexity index is 655. The number of pyridine rings is 1. The summed E-state index contributed by atoms with van der Waals surface area (Å²) >= 11 is 1.51. The van der Waals surface area contributed by atoms with E-state index < -0.39 is 5.97 Å². The van der Waals surface area contributed by atoms with Crippen LogP contribution in [0.4, 0.5) is 0 Å². The van der Waals surface area contributed by atoms with E-state index in [-0.39, 0.29) is 11.7 Å². The van der Waals surface area contributed by atoms with Gasteiger partial charge >= 0.3 is 11.9 Å². The quantitative estimate of drug-likeness (QED) is 0.676. The van der Waals surface area contributed by atoms with Gasteiger partial charge in [-0.2, -0.15) is 0 Å². The summed E-state index contributed by atoms with van der Waals surface area (Å²) in [6.45, 7) is 0. The van der Waals surface area contributed by atoms with Crippen LogP contribution in [0.5, 0.6) is 0 Å². The van der Waals surface area contributed by atoms with Crippen molar-refractivity contribution in [3.05, 3.63) is 59.4 Å². The number of thioether (sulfide) groups is 1. The molecule has 0 atom stereocenters. The highest BCUT2D eigenvalue weighted by Gasteiger charge is 2.07. The highest BCUT2D eigenvalue weighted by molar-refractivity contribution is 7.98. The number of hydrogen-bond acceptors (Lipinski definition) is 5. The van der Waals surface area contributed by atoms with Crippen LogP contribution in [-0.2, 0) is 10.5 Å². The van der Waals surface area contributed by atoms with Crippen molar-refractivity contribution in [2.75, 3.05) is 7.11 Å². The number of hydrogen-bond donors (Lipinski definition) is 1. The summed E-state index contributed by atoms with van der Waals surface area (Å²) in [5.41, 5.74) is 1.56. The van der Waals surface area contributed by atoms with E-state index in [1.54, 1.807) is 18.2 Å². The fourth-order valence-corrected chi connectivity index (χ4v) is 2.52. The molecule has 0 aliphatic rings. The number of aromatic nitrogens is 1. The smallest absolute Gasteiger partial charge is 0.354 e. The molecular weight excluding hydrogens is 290 g/mol. The van der Waals surface area contributed by atoms with Crippen LogP contribution in [0.2, 0.25) is 0 Å². The number of rotatable bonds is 5. The average Bonchev–Trinajstić information content (AvgIpc) is 2.53. The molecule has 1 aromatic heterocycles. The van der Waals surface area contributed by atoms with Crippen molar-refractivity contribution in [2.45, 2.75) is 10.6 Å². The lowest BCUT2D eigenvalue weighted by Crippen LogP contribution is -2.00. The van der Waals surface area contributed by atoms with Gasteiger partial charge < -0.3 is 9.84 Å². The number of carboxylic acid groups (broad SMARTS) is 1. The molecule has 0 radical (unpaired) electrons. The number of methoxy groups -OCH3 is 1. The van der Waals surface area contributed by atoms with Crippen LogP contribution in [0, 0.1) is 0 Å². The lowest BCUT2D eigenvalue weighted by atomic mass is 10.1. The molecule has 1 heterocycles. The van der Waals surface area contributed by atoms with Gasteiger partial charge in [-0.15, -0.1) is 11.8 Å². The van der Waals surface area contributed by atoms with E-state index in [0.717, 1.165) is 10.5 Å². The first-order chi connectivity index (χ1) is 10.1. The average molecular weight is 303 g/mol. The Kier molecular flexibility index (Phi) is 4.94. The molecule has 0 unspecified atom stereocenters. The van der Waals surface area contributed by atoms with Crippen LogP contribution >= 0.6 is 11.8 Å². The number of esters is 1. The second-order valence-corrected chi connectivity index (χ2v) is 5.21. The molecule has 0 fully saturated rings. The number of carboxylic acids is 1. The molecule has 5 nitrogen and oxygen atoms in total. The zero-order valence-electron chi connectivity index (χ0n) is 11.3. The first kappa shape index (κ1) is 15.1. The third kappa shape index (κ3) is 4.06. The molecule has 108 valence electrons. The molecule has 2 rings (SSSR count). The SMILES string of the molecule is COC(=O)c1ccc(CSc2ccnc(C(=O)O)c2)cc1. The van der Waals surface area contributed by atoms with Gasteiger partial charge in [0, 0.05) is 16.8 Å². The molecule has 1 aromatic carbocycles. The van der Waals surface area contributed by atoms with Gasteiger partial charge in [0.15, 0.2) is 0 Å². The number of nitrogens with zero attached hydrogens (tertiary/aromatic N) is 1. The Morgan fingerprint density at radius 1 is 1.24 bits per heavy atom. The molecular formula is C15H13NO4S. The highest BCUT2D eigenvalue weighted by atomic mass is 32.2. The normalized spacial score (nSPS) is 10.1. The molecule has 0 spiro atoms. The van der Waals surface area contributed by atoms with E-state index in [2.05, 4.69) is 9.72 Å². The van der Waals surface area contributed by atoms with Crippen LogP contribution in [0.3, 0.4) is 0 Å². The van der Waals surface area contributed by atoms with Crippen LogP contribution in [0.15, 0.2) is 47.5 Å². The third-order valence-corrected chi connectivity index (χ3v) is 3.80. The first-order valence-corrected chi connectivity index (χ1v) is 7.08. The molecule has 0 bridgehead atoms. The molecule has 6 heteroatoms. The number of ether oxygens (including phenoxy) is 1. The lowest BCUT2D eigenvalue weighted by Gasteiger charge is -2.04. The Morgan fingerprint density at radius 3 is 2.57 bits per heavy atom. The Morgan fingerprint density at radius 2 is 1.95 bits per heavy atom. The van der Waals surface area contributed by atoms with Gasteiger partial charge in [0.05, 0.1) is 12.7 Å². The fraction of sp³-hybridized carbons (Fsp3) is 0.133. The van der Waals surface area contributed by atoms with Gasteiger partial charge in [0.2, 0.25) is 0 Å². The van der Waals surface area contributed by atoms with Gasteiger partial charge in [0.25, 0.3) is 0 Å². The predicted octanol–water partition coefficient (Wildman–Crippen LogP) is 2.86. The van der Waals surface area contributed by atoms with Crippen LogP contribution in [-0.4, -0.2) is 29.1 Å². The summed E-state index contributed by atoms with van der Waals surface area (Å²) < 4.78 is 4.63. The zero-order chi connectivity index (χ0) is 15.2. The Hall–Kier alpha value is -2.34. The van der Waals surface area contributed by atoms with Crippen molar-refractivity contribution >= 4 is 23.7 Å². The summed E-state index contributed by atoms with van der Waals surface area (Å²) in [5.74, 6) is -0.737. The van der Waals surface area contributed by atoms with E-state index in [0.29, 0.717) is 11.3 Å². The van der Waals surface area contributed by atoms with Crippen molar-refractivity contribution in [1.29, 1.82) is 0 Å². The standard InChI is InChI=1S/C15H13NO4S/c1-20-15(19)11-4-2-10(3-5-11)9-21-12-6-7-16-13(8-12)14(17)18/h2-8H,9H2,1H3,(H,17,18). The Balaban J connectivity index is 2.01. The van der Waals surface area contributed by atoms with E-state index in [4.69, 9.17) is 5.11 Å². The third-order valence-electron chi connectivity index (χ3n) is 2.73. The first-order valence-electron chi connectivity index (χ1n) is 6.09.